The Kier molecular flexibility index (Phi) is 4.67. The summed E-state index contributed by atoms with van der Waals surface area (Å²) in [5, 5.41) is 8.88. The van der Waals surface area contributed by atoms with E-state index in [2.05, 4.69) is 0 Å². The number of likely N-dealkylation sites (tertiary alicyclic amines) is 1. The van der Waals surface area contributed by atoms with Crippen LogP contribution in [-0.4, -0.2) is 29.1 Å². The number of rotatable bonds is 5. The van der Waals surface area contributed by atoms with Crippen LogP contribution in [0.3, 0.4) is 0 Å². The summed E-state index contributed by atoms with van der Waals surface area (Å²) in [5.41, 5.74) is 0.148. The first-order chi connectivity index (χ1) is 11.8. The maximum absolute atomic E-state index is 12.7. The lowest BCUT2D eigenvalue weighted by Crippen LogP contribution is -2.49. The quantitative estimate of drug-likeness (QED) is 0.884. The van der Waals surface area contributed by atoms with Gasteiger partial charge < -0.3 is 9.84 Å². The van der Waals surface area contributed by atoms with Crippen LogP contribution < -0.4 is 4.74 Å². The van der Waals surface area contributed by atoms with Gasteiger partial charge in [-0.25, -0.2) is 0 Å². The summed E-state index contributed by atoms with van der Waals surface area (Å²) in [6.45, 7) is 1.56. The first-order valence-corrected chi connectivity index (χ1v) is 7.70. The second-order valence-electron chi connectivity index (χ2n) is 6.00. The highest BCUT2D eigenvalue weighted by Crippen LogP contribution is 2.33. The second-order valence-corrected chi connectivity index (χ2v) is 6.00. The predicted molar refractivity (Wildman–Crippen MR) is 84.4 cm³/mol. The third kappa shape index (κ3) is 4.30. The molecule has 25 heavy (non-hydrogen) atoms. The normalized spacial score (nSPS) is 15.6. The van der Waals surface area contributed by atoms with Gasteiger partial charge in [0.15, 0.2) is 0 Å². The van der Waals surface area contributed by atoms with Crippen molar-refractivity contribution in [3.8, 4) is 11.5 Å². The van der Waals surface area contributed by atoms with Crippen LogP contribution in [-0.2, 0) is 17.5 Å². The number of ether oxygens (including phenoxy) is 1. The number of carbonyl (C=O) groups is 1. The largest absolute Gasteiger partial charge is 0.481 e. The molecule has 0 bridgehead atoms. The first kappa shape index (κ1) is 17.3. The molecule has 4 nitrogen and oxygen atoms in total. The van der Waals surface area contributed by atoms with Crippen molar-refractivity contribution in [2.75, 3.05) is 13.1 Å². The minimum absolute atomic E-state index is 0.113. The summed E-state index contributed by atoms with van der Waals surface area (Å²) in [5.74, 6) is -0.573. The SMILES string of the molecule is O=C(O)C1CN(Cc2cccc(Oc3cccc(C(F)(F)F)c3)c2)C1. The molecule has 1 N–H and O–H groups in total. The Bertz CT molecular complexity index is 770. The fourth-order valence-corrected chi connectivity index (χ4v) is 2.69. The molecule has 0 aliphatic carbocycles. The van der Waals surface area contributed by atoms with Gasteiger partial charge in [-0.3, -0.25) is 9.69 Å². The van der Waals surface area contributed by atoms with E-state index >= 15 is 0 Å². The molecule has 0 saturated carbocycles. The summed E-state index contributed by atoms with van der Waals surface area (Å²) in [7, 11) is 0. The van der Waals surface area contributed by atoms with Crippen LogP contribution in [0, 0.1) is 5.92 Å². The lowest BCUT2D eigenvalue weighted by atomic mass is 9.99. The van der Waals surface area contributed by atoms with Crippen molar-refractivity contribution in [3.05, 3.63) is 59.7 Å². The highest BCUT2D eigenvalue weighted by molar-refractivity contribution is 5.71. The number of hydrogen-bond acceptors (Lipinski definition) is 3. The Morgan fingerprint density at radius 1 is 1.12 bits per heavy atom. The zero-order valence-electron chi connectivity index (χ0n) is 13.2. The number of benzene rings is 2. The molecule has 1 saturated heterocycles. The summed E-state index contributed by atoms with van der Waals surface area (Å²) in [6, 6.07) is 11.8. The topological polar surface area (TPSA) is 49.8 Å². The standard InChI is InChI=1S/C18H16F3NO3/c19-18(20,21)14-4-2-6-16(8-14)25-15-5-1-3-12(7-15)9-22-10-13(11-22)17(23)24/h1-8,13H,9-11H2,(H,23,24). The average Bonchev–Trinajstić information content (AvgIpc) is 2.50. The number of carboxylic acid groups (broad SMARTS) is 1. The number of halogens is 3. The van der Waals surface area contributed by atoms with Gasteiger partial charge in [-0.1, -0.05) is 18.2 Å². The lowest BCUT2D eigenvalue weighted by molar-refractivity contribution is -0.147. The van der Waals surface area contributed by atoms with Gasteiger partial charge in [0.05, 0.1) is 11.5 Å². The van der Waals surface area contributed by atoms with Gasteiger partial charge in [0, 0.05) is 19.6 Å². The summed E-state index contributed by atoms with van der Waals surface area (Å²) in [4.78, 5) is 12.8. The van der Waals surface area contributed by atoms with Crippen molar-refractivity contribution in [2.24, 2.45) is 5.92 Å². The van der Waals surface area contributed by atoms with E-state index in [0.29, 0.717) is 25.4 Å². The van der Waals surface area contributed by atoms with Gasteiger partial charge in [-0.05, 0) is 35.9 Å². The maximum atomic E-state index is 12.7. The molecule has 0 amide bonds. The monoisotopic (exact) mass is 351 g/mol. The number of hydrogen-bond donors (Lipinski definition) is 1. The number of aliphatic carboxylic acids is 1. The molecule has 1 aliphatic rings. The molecule has 3 rings (SSSR count). The van der Waals surface area contributed by atoms with E-state index in [0.717, 1.165) is 17.7 Å². The van der Waals surface area contributed by atoms with Crippen LogP contribution in [0.1, 0.15) is 11.1 Å². The molecule has 1 fully saturated rings. The highest BCUT2D eigenvalue weighted by Gasteiger charge is 2.32. The van der Waals surface area contributed by atoms with Gasteiger partial charge in [0.2, 0.25) is 0 Å². The van der Waals surface area contributed by atoms with Crippen LogP contribution >= 0.6 is 0 Å². The highest BCUT2D eigenvalue weighted by atomic mass is 19.4. The van der Waals surface area contributed by atoms with Crippen LogP contribution in [0.4, 0.5) is 13.2 Å². The third-order valence-electron chi connectivity index (χ3n) is 4.01. The number of carboxylic acids is 1. The van der Waals surface area contributed by atoms with E-state index < -0.39 is 17.7 Å². The van der Waals surface area contributed by atoms with Gasteiger partial charge in [0.25, 0.3) is 0 Å². The van der Waals surface area contributed by atoms with E-state index in [-0.39, 0.29) is 11.7 Å². The zero-order chi connectivity index (χ0) is 18.0. The van der Waals surface area contributed by atoms with Crippen molar-refractivity contribution in [3.63, 3.8) is 0 Å². The Morgan fingerprint density at radius 2 is 1.76 bits per heavy atom. The Labute approximate surface area is 142 Å². The van der Waals surface area contributed by atoms with Crippen LogP contribution in [0.15, 0.2) is 48.5 Å². The van der Waals surface area contributed by atoms with Gasteiger partial charge in [0.1, 0.15) is 11.5 Å². The molecule has 7 heteroatoms. The van der Waals surface area contributed by atoms with Crippen LogP contribution in [0.5, 0.6) is 11.5 Å². The molecule has 1 heterocycles. The summed E-state index contributed by atoms with van der Waals surface area (Å²) >= 11 is 0. The zero-order valence-corrected chi connectivity index (χ0v) is 13.2. The molecule has 0 spiro atoms. The molecular formula is C18H16F3NO3. The fraction of sp³-hybridized carbons (Fsp3) is 0.278. The minimum atomic E-state index is -4.42. The van der Waals surface area contributed by atoms with Crippen molar-refractivity contribution in [1.29, 1.82) is 0 Å². The predicted octanol–water partition coefficient (Wildman–Crippen LogP) is 4.01. The molecule has 0 atom stereocenters. The molecule has 132 valence electrons. The smallest absolute Gasteiger partial charge is 0.416 e. The second kappa shape index (κ2) is 6.76. The number of alkyl halides is 3. The van der Waals surface area contributed by atoms with Crippen LogP contribution in [0.2, 0.25) is 0 Å². The molecular weight excluding hydrogens is 335 g/mol. The van der Waals surface area contributed by atoms with E-state index in [1.807, 2.05) is 11.0 Å². The molecule has 2 aromatic rings. The summed E-state index contributed by atoms with van der Waals surface area (Å²) < 4.78 is 43.8. The van der Waals surface area contributed by atoms with Crippen molar-refractivity contribution in [2.45, 2.75) is 12.7 Å². The third-order valence-corrected chi connectivity index (χ3v) is 4.01. The molecule has 0 radical (unpaired) electrons. The van der Waals surface area contributed by atoms with Crippen molar-refractivity contribution in [1.82, 2.24) is 4.90 Å². The maximum Gasteiger partial charge on any atom is 0.416 e. The Hall–Kier alpha value is -2.54. The minimum Gasteiger partial charge on any atom is -0.481 e. The lowest BCUT2D eigenvalue weighted by Gasteiger charge is -2.36. The van der Waals surface area contributed by atoms with E-state index in [4.69, 9.17) is 9.84 Å². The van der Waals surface area contributed by atoms with Gasteiger partial charge in [-0.2, -0.15) is 13.2 Å². The molecule has 0 aromatic heterocycles. The van der Waals surface area contributed by atoms with Gasteiger partial charge in [-0.15, -0.1) is 0 Å². The van der Waals surface area contributed by atoms with E-state index in [1.165, 1.54) is 12.1 Å². The van der Waals surface area contributed by atoms with E-state index in [9.17, 15) is 18.0 Å². The fourth-order valence-electron chi connectivity index (χ4n) is 2.69. The number of nitrogens with zero attached hydrogens (tertiary/aromatic N) is 1. The summed E-state index contributed by atoms with van der Waals surface area (Å²) in [6.07, 6.45) is -4.42. The van der Waals surface area contributed by atoms with Crippen molar-refractivity contribution < 1.29 is 27.8 Å². The molecule has 2 aromatic carbocycles. The van der Waals surface area contributed by atoms with Gasteiger partial charge >= 0.3 is 12.1 Å². The van der Waals surface area contributed by atoms with Crippen molar-refractivity contribution >= 4 is 5.97 Å². The first-order valence-electron chi connectivity index (χ1n) is 7.70. The Balaban J connectivity index is 1.65. The molecule has 1 aliphatic heterocycles. The van der Waals surface area contributed by atoms with E-state index in [1.54, 1.807) is 18.2 Å². The Morgan fingerprint density at radius 3 is 2.40 bits per heavy atom. The molecule has 0 unspecified atom stereocenters. The van der Waals surface area contributed by atoms with Crippen LogP contribution in [0.25, 0.3) is 0 Å². The average molecular weight is 351 g/mol.